The van der Waals surface area contributed by atoms with Crippen LogP contribution in [0.25, 0.3) is 11.0 Å². The fraction of sp³-hybridized carbons (Fsp3) is 0.364. The Hall–Kier alpha value is -1.38. The number of fused-ring (bicyclic) bond motifs is 3. The second-order valence-corrected chi connectivity index (χ2v) is 3.94. The van der Waals surface area contributed by atoms with E-state index in [4.69, 9.17) is 0 Å². The highest BCUT2D eigenvalue weighted by Crippen LogP contribution is 2.30. The van der Waals surface area contributed by atoms with Crippen molar-refractivity contribution in [2.45, 2.75) is 25.8 Å². The number of hydrogen-bond donors (Lipinski definition) is 0. The molecule has 1 aromatic heterocycles. The summed E-state index contributed by atoms with van der Waals surface area (Å²) in [5, 5.41) is 0. The van der Waals surface area contributed by atoms with Gasteiger partial charge in [0.05, 0.1) is 11.0 Å². The van der Waals surface area contributed by atoms with Crippen LogP contribution in [-0.2, 0) is 6.54 Å². The second-order valence-electron chi connectivity index (χ2n) is 3.94. The summed E-state index contributed by atoms with van der Waals surface area (Å²) in [6.07, 6.45) is 1.15. The highest BCUT2D eigenvalue weighted by molar-refractivity contribution is 5.76. The van der Waals surface area contributed by atoms with Crippen molar-refractivity contribution in [2.24, 2.45) is 0 Å². The van der Waals surface area contributed by atoms with Crippen molar-refractivity contribution in [1.29, 1.82) is 0 Å². The third kappa shape index (κ3) is 0.924. The maximum absolute atomic E-state index is 12.9. The van der Waals surface area contributed by atoms with Gasteiger partial charge in [0.15, 0.2) is 0 Å². The van der Waals surface area contributed by atoms with Gasteiger partial charge in [-0.1, -0.05) is 6.92 Å². The average Bonchev–Trinajstić information content (AvgIpc) is 2.66. The van der Waals surface area contributed by atoms with E-state index < -0.39 is 0 Å². The summed E-state index contributed by atoms with van der Waals surface area (Å²) in [5.41, 5.74) is 1.84. The zero-order chi connectivity index (χ0) is 9.71. The normalized spacial score (nSPS) is 20.3. The molecule has 2 heterocycles. The molecule has 0 fully saturated rings. The molecule has 0 saturated carbocycles. The van der Waals surface area contributed by atoms with E-state index in [1.54, 1.807) is 0 Å². The zero-order valence-electron chi connectivity index (χ0n) is 8.00. The minimum Gasteiger partial charge on any atom is -0.328 e. The molecule has 0 N–H and O–H groups in total. The largest absolute Gasteiger partial charge is 0.328 e. The smallest absolute Gasteiger partial charge is 0.125 e. The van der Waals surface area contributed by atoms with Crippen molar-refractivity contribution in [2.75, 3.05) is 0 Å². The predicted octanol–water partition coefficient (Wildman–Crippen LogP) is 2.68. The average molecular weight is 190 g/mol. The number of halogens is 1. The van der Waals surface area contributed by atoms with Crippen LogP contribution < -0.4 is 0 Å². The maximum atomic E-state index is 12.9. The van der Waals surface area contributed by atoms with Gasteiger partial charge in [0.1, 0.15) is 11.6 Å². The van der Waals surface area contributed by atoms with Crippen molar-refractivity contribution in [3.05, 3.63) is 29.8 Å². The number of benzene rings is 1. The summed E-state index contributed by atoms with van der Waals surface area (Å²) in [6, 6.07) is 4.83. The van der Waals surface area contributed by atoms with Crippen LogP contribution in [0.1, 0.15) is 25.1 Å². The molecule has 2 nitrogen and oxygen atoms in total. The minimum absolute atomic E-state index is 0.207. The third-order valence-corrected chi connectivity index (χ3v) is 2.97. The van der Waals surface area contributed by atoms with E-state index in [1.165, 1.54) is 12.1 Å². The Morgan fingerprint density at radius 2 is 2.36 bits per heavy atom. The summed E-state index contributed by atoms with van der Waals surface area (Å²) < 4.78 is 15.1. The van der Waals surface area contributed by atoms with E-state index in [1.807, 2.05) is 6.07 Å². The van der Waals surface area contributed by atoms with E-state index in [0.717, 1.165) is 29.8 Å². The van der Waals surface area contributed by atoms with E-state index in [-0.39, 0.29) is 5.82 Å². The van der Waals surface area contributed by atoms with Crippen LogP contribution >= 0.6 is 0 Å². The molecule has 0 spiro atoms. The van der Waals surface area contributed by atoms with Crippen LogP contribution in [0.5, 0.6) is 0 Å². The summed E-state index contributed by atoms with van der Waals surface area (Å²) in [6.45, 7) is 3.18. The molecule has 0 amide bonds. The van der Waals surface area contributed by atoms with Gasteiger partial charge in [-0.25, -0.2) is 9.37 Å². The fourth-order valence-electron chi connectivity index (χ4n) is 2.18. The summed E-state index contributed by atoms with van der Waals surface area (Å²) in [7, 11) is 0. The first-order valence-electron chi connectivity index (χ1n) is 4.91. The second kappa shape index (κ2) is 2.56. The van der Waals surface area contributed by atoms with Gasteiger partial charge in [0.2, 0.25) is 0 Å². The van der Waals surface area contributed by atoms with E-state index in [9.17, 15) is 4.39 Å². The van der Waals surface area contributed by atoms with Crippen LogP contribution in [0.2, 0.25) is 0 Å². The Morgan fingerprint density at radius 1 is 1.50 bits per heavy atom. The highest BCUT2D eigenvalue weighted by atomic mass is 19.1. The lowest BCUT2D eigenvalue weighted by Crippen LogP contribution is -1.91. The molecule has 72 valence electrons. The molecular weight excluding hydrogens is 179 g/mol. The lowest BCUT2D eigenvalue weighted by atomic mass is 10.1. The molecule has 1 aliphatic heterocycles. The van der Waals surface area contributed by atoms with Crippen LogP contribution in [0.4, 0.5) is 4.39 Å². The van der Waals surface area contributed by atoms with Crippen molar-refractivity contribution in [1.82, 2.24) is 9.55 Å². The minimum atomic E-state index is -0.207. The Balaban J connectivity index is 2.34. The number of aromatic nitrogens is 2. The van der Waals surface area contributed by atoms with Gasteiger partial charge in [0, 0.05) is 18.5 Å². The molecule has 0 radical (unpaired) electrons. The van der Waals surface area contributed by atoms with Gasteiger partial charge < -0.3 is 4.57 Å². The van der Waals surface area contributed by atoms with Crippen LogP contribution in [0.3, 0.4) is 0 Å². The first-order chi connectivity index (χ1) is 6.75. The monoisotopic (exact) mass is 190 g/mol. The SMILES string of the molecule is C[C@@H]1CCn2c1nc1cc(F)ccc12. The molecule has 0 bridgehead atoms. The molecule has 1 aliphatic rings. The van der Waals surface area contributed by atoms with E-state index in [0.29, 0.717) is 5.92 Å². The molecular formula is C11H11FN2. The van der Waals surface area contributed by atoms with Gasteiger partial charge in [-0.3, -0.25) is 0 Å². The molecule has 1 atom stereocenters. The van der Waals surface area contributed by atoms with Gasteiger partial charge in [-0.05, 0) is 18.6 Å². The fourth-order valence-corrected chi connectivity index (χ4v) is 2.18. The molecule has 0 unspecified atom stereocenters. The summed E-state index contributed by atoms with van der Waals surface area (Å²) in [4.78, 5) is 4.46. The van der Waals surface area contributed by atoms with Crippen molar-refractivity contribution in [3.8, 4) is 0 Å². The Bertz CT molecular complexity index is 501. The van der Waals surface area contributed by atoms with Gasteiger partial charge >= 0.3 is 0 Å². The maximum Gasteiger partial charge on any atom is 0.125 e. The Morgan fingerprint density at radius 3 is 3.21 bits per heavy atom. The molecule has 0 aliphatic carbocycles. The zero-order valence-corrected chi connectivity index (χ0v) is 8.00. The molecule has 3 rings (SSSR count). The third-order valence-electron chi connectivity index (χ3n) is 2.97. The van der Waals surface area contributed by atoms with Crippen molar-refractivity contribution >= 4 is 11.0 Å². The van der Waals surface area contributed by atoms with Crippen molar-refractivity contribution in [3.63, 3.8) is 0 Å². The number of hydrogen-bond acceptors (Lipinski definition) is 1. The number of nitrogens with zero attached hydrogens (tertiary/aromatic N) is 2. The Kier molecular flexibility index (Phi) is 1.46. The highest BCUT2D eigenvalue weighted by Gasteiger charge is 2.22. The van der Waals surface area contributed by atoms with Crippen LogP contribution in [-0.4, -0.2) is 9.55 Å². The van der Waals surface area contributed by atoms with Crippen LogP contribution in [0, 0.1) is 5.82 Å². The summed E-state index contributed by atoms with van der Waals surface area (Å²) in [5.74, 6) is 1.40. The van der Waals surface area contributed by atoms with E-state index in [2.05, 4.69) is 16.5 Å². The van der Waals surface area contributed by atoms with Gasteiger partial charge in [-0.2, -0.15) is 0 Å². The topological polar surface area (TPSA) is 17.8 Å². The first kappa shape index (κ1) is 7.97. The van der Waals surface area contributed by atoms with Crippen LogP contribution in [0.15, 0.2) is 18.2 Å². The summed E-state index contributed by atoms with van der Waals surface area (Å²) >= 11 is 0. The molecule has 2 aromatic rings. The molecule has 1 aromatic carbocycles. The lowest BCUT2D eigenvalue weighted by molar-refractivity contribution is 0.629. The standard InChI is InChI=1S/C11H11FN2/c1-7-4-5-14-10-3-2-8(12)6-9(10)13-11(7)14/h2-3,6-7H,4-5H2,1H3/t7-/m1/s1. The Labute approximate surface area is 81.4 Å². The predicted molar refractivity (Wildman–Crippen MR) is 52.7 cm³/mol. The molecule has 14 heavy (non-hydrogen) atoms. The van der Waals surface area contributed by atoms with E-state index >= 15 is 0 Å². The quantitative estimate of drug-likeness (QED) is 0.624. The van der Waals surface area contributed by atoms with Crippen molar-refractivity contribution < 1.29 is 4.39 Å². The number of rotatable bonds is 0. The van der Waals surface area contributed by atoms with Gasteiger partial charge in [0.25, 0.3) is 0 Å². The first-order valence-corrected chi connectivity index (χ1v) is 4.91. The molecule has 3 heteroatoms. The number of aryl methyl sites for hydroxylation is 1. The number of imidazole rings is 1. The van der Waals surface area contributed by atoms with Gasteiger partial charge in [-0.15, -0.1) is 0 Å². The molecule has 0 saturated heterocycles. The lowest BCUT2D eigenvalue weighted by Gasteiger charge is -1.96.